The zero-order valence-corrected chi connectivity index (χ0v) is 16.4. The van der Waals surface area contributed by atoms with Crippen molar-refractivity contribution in [2.75, 3.05) is 6.61 Å². The van der Waals surface area contributed by atoms with E-state index in [1.54, 1.807) is 0 Å². The second-order valence-corrected chi connectivity index (χ2v) is 7.06. The van der Waals surface area contributed by atoms with Crippen molar-refractivity contribution in [2.45, 2.75) is 45.3 Å². The topological polar surface area (TPSA) is 88.7 Å². The Kier molecular flexibility index (Phi) is 6.53. The fraction of sp³-hybridized carbons (Fsp3) is 0.364. The van der Waals surface area contributed by atoms with Gasteiger partial charge in [0, 0.05) is 23.6 Å². The number of amides is 1. The summed E-state index contributed by atoms with van der Waals surface area (Å²) in [5.74, 6) is 1.21. The van der Waals surface area contributed by atoms with Crippen LogP contribution in [0.2, 0.25) is 0 Å². The lowest BCUT2D eigenvalue weighted by molar-refractivity contribution is 0.0939. The second kappa shape index (κ2) is 9.26. The van der Waals surface area contributed by atoms with Gasteiger partial charge in [-0.05, 0) is 37.1 Å². The maximum Gasteiger partial charge on any atom is 0.251 e. The number of nitrogens with zero attached hydrogens (tertiary/aromatic N) is 1. The Balaban J connectivity index is 1.63. The lowest BCUT2D eigenvalue weighted by atomic mass is 10.0. The third kappa shape index (κ3) is 5.03. The highest BCUT2D eigenvalue weighted by Gasteiger charge is 2.21. The predicted molar refractivity (Wildman–Crippen MR) is 111 cm³/mol. The minimum absolute atomic E-state index is 0.0647. The SMILES string of the molecule is CCC(C)NC(=O)c1cccc(CN=C(N)NC2CCOc3ccccc32)c1. The van der Waals surface area contributed by atoms with Crippen molar-refractivity contribution in [3.05, 3.63) is 65.2 Å². The van der Waals surface area contributed by atoms with Crippen molar-refractivity contribution >= 4 is 11.9 Å². The van der Waals surface area contributed by atoms with E-state index in [0.29, 0.717) is 24.7 Å². The Labute approximate surface area is 166 Å². The molecule has 0 bridgehead atoms. The van der Waals surface area contributed by atoms with Gasteiger partial charge in [-0.1, -0.05) is 37.3 Å². The van der Waals surface area contributed by atoms with Gasteiger partial charge in [-0.3, -0.25) is 4.79 Å². The van der Waals surface area contributed by atoms with E-state index in [1.807, 2.05) is 62.4 Å². The minimum atomic E-state index is -0.0647. The lowest BCUT2D eigenvalue weighted by Gasteiger charge is -2.26. The number of nitrogens with one attached hydrogen (secondary N) is 2. The van der Waals surface area contributed by atoms with Crippen LogP contribution in [0.15, 0.2) is 53.5 Å². The van der Waals surface area contributed by atoms with E-state index >= 15 is 0 Å². The van der Waals surface area contributed by atoms with Gasteiger partial charge in [0.15, 0.2) is 5.96 Å². The van der Waals surface area contributed by atoms with E-state index < -0.39 is 0 Å². The highest BCUT2D eigenvalue weighted by Crippen LogP contribution is 2.31. The van der Waals surface area contributed by atoms with E-state index in [0.717, 1.165) is 29.7 Å². The van der Waals surface area contributed by atoms with Gasteiger partial charge in [0.25, 0.3) is 5.91 Å². The van der Waals surface area contributed by atoms with Crippen molar-refractivity contribution in [3.63, 3.8) is 0 Å². The molecule has 3 rings (SSSR count). The Morgan fingerprint density at radius 3 is 2.93 bits per heavy atom. The van der Waals surface area contributed by atoms with Crippen LogP contribution in [0.1, 0.15) is 54.2 Å². The molecular weight excluding hydrogens is 352 g/mol. The molecular formula is C22H28N4O2. The van der Waals surface area contributed by atoms with Crippen molar-refractivity contribution in [3.8, 4) is 5.75 Å². The molecule has 0 aliphatic carbocycles. The van der Waals surface area contributed by atoms with Gasteiger partial charge in [0.1, 0.15) is 5.75 Å². The third-order valence-corrected chi connectivity index (χ3v) is 4.89. The molecule has 148 valence electrons. The molecule has 0 aromatic heterocycles. The van der Waals surface area contributed by atoms with E-state index in [2.05, 4.69) is 15.6 Å². The Bertz CT molecular complexity index is 850. The summed E-state index contributed by atoms with van der Waals surface area (Å²) in [4.78, 5) is 16.7. The smallest absolute Gasteiger partial charge is 0.251 e. The molecule has 0 radical (unpaired) electrons. The van der Waals surface area contributed by atoms with Crippen molar-refractivity contribution in [1.82, 2.24) is 10.6 Å². The number of ether oxygens (including phenoxy) is 1. The maximum absolute atomic E-state index is 12.3. The number of guanidine groups is 1. The predicted octanol–water partition coefficient (Wildman–Crippen LogP) is 3.14. The van der Waals surface area contributed by atoms with Gasteiger partial charge in [-0.15, -0.1) is 0 Å². The van der Waals surface area contributed by atoms with Crippen LogP contribution >= 0.6 is 0 Å². The first kappa shape index (κ1) is 19.7. The molecule has 0 fully saturated rings. The fourth-order valence-electron chi connectivity index (χ4n) is 3.11. The van der Waals surface area contributed by atoms with Crippen LogP contribution in [0.5, 0.6) is 5.75 Å². The quantitative estimate of drug-likeness (QED) is 0.531. The van der Waals surface area contributed by atoms with Gasteiger partial charge < -0.3 is 21.1 Å². The summed E-state index contributed by atoms with van der Waals surface area (Å²) in [6.45, 7) is 5.10. The Morgan fingerprint density at radius 2 is 2.11 bits per heavy atom. The van der Waals surface area contributed by atoms with Gasteiger partial charge in [-0.25, -0.2) is 4.99 Å². The molecule has 28 heavy (non-hydrogen) atoms. The molecule has 2 aromatic carbocycles. The minimum Gasteiger partial charge on any atom is -0.493 e. The number of carbonyl (C=O) groups excluding carboxylic acids is 1. The van der Waals surface area contributed by atoms with Crippen LogP contribution in [0, 0.1) is 0 Å². The number of benzene rings is 2. The molecule has 2 unspecified atom stereocenters. The number of para-hydroxylation sites is 1. The molecule has 6 nitrogen and oxygen atoms in total. The van der Waals surface area contributed by atoms with Crippen LogP contribution in [-0.4, -0.2) is 24.5 Å². The number of aliphatic imine (C=N–C) groups is 1. The number of hydrogen-bond acceptors (Lipinski definition) is 3. The molecule has 1 aliphatic heterocycles. The monoisotopic (exact) mass is 380 g/mol. The molecule has 1 heterocycles. The zero-order chi connectivity index (χ0) is 19.9. The number of nitrogens with two attached hydrogens (primary N) is 1. The van der Waals surface area contributed by atoms with Gasteiger partial charge in [0.2, 0.25) is 0 Å². The highest BCUT2D eigenvalue weighted by molar-refractivity contribution is 5.94. The first-order valence-corrected chi connectivity index (χ1v) is 9.74. The highest BCUT2D eigenvalue weighted by atomic mass is 16.5. The molecule has 4 N–H and O–H groups in total. The van der Waals surface area contributed by atoms with Gasteiger partial charge >= 0.3 is 0 Å². The number of fused-ring (bicyclic) bond motifs is 1. The molecule has 2 atom stereocenters. The van der Waals surface area contributed by atoms with E-state index in [4.69, 9.17) is 10.5 Å². The molecule has 6 heteroatoms. The summed E-state index contributed by atoms with van der Waals surface area (Å²) in [5, 5.41) is 6.26. The first-order valence-electron chi connectivity index (χ1n) is 9.74. The average molecular weight is 380 g/mol. The summed E-state index contributed by atoms with van der Waals surface area (Å²) in [6.07, 6.45) is 1.73. The van der Waals surface area contributed by atoms with Crippen LogP contribution in [0.3, 0.4) is 0 Å². The van der Waals surface area contributed by atoms with Crippen LogP contribution < -0.4 is 21.1 Å². The van der Waals surface area contributed by atoms with Crippen LogP contribution in [0.4, 0.5) is 0 Å². The van der Waals surface area contributed by atoms with Crippen molar-refractivity contribution < 1.29 is 9.53 Å². The number of carbonyl (C=O) groups is 1. The van der Waals surface area contributed by atoms with Crippen molar-refractivity contribution in [1.29, 1.82) is 0 Å². The third-order valence-electron chi connectivity index (χ3n) is 4.89. The first-order chi connectivity index (χ1) is 13.6. The molecule has 1 aliphatic rings. The molecule has 2 aromatic rings. The largest absolute Gasteiger partial charge is 0.493 e. The molecule has 1 amide bonds. The summed E-state index contributed by atoms with van der Waals surface area (Å²) in [5.41, 5.74) is 8.78. The van der Waals surface area contributed by atoms with Crippen molar-refractivity contribution in [2.24, 2.45) is 10.7 Å². The van der Waals surface area contributed by atoms with E-state index in [-0.39, 0.29) is 18.0 Å². The van der Waals surface area contributed by atoms with E-state index in [9.17, 15) is 4.79 Å². The molecule has 0 saturated heterocycles. The second-order valence-electron chi connectivity index (χ2n) is 7.06. The van der Waals surface area contributed by atoms with Crippen LogP contribution in [-0.2, 0) is 6.54 Å². The lowest BCUT2D eigenvalue weighted by Crippen LogP contribution is -2.37. The summed E-state index contributed by atoms with van der Waals surface area (Å²) < 4.78 is 5.68. The molecule has 0 saturated carbocycles. The Hall–Kier alpha value is -3.02. The van der Waals surface area contributed by atoms with E-state index in [1.165, 1.54) is 0 Å². The normalized spacial score (nSPS) is 17.2. The standard InChI is InChI=1S/C22H28N4O2/c1-3-15(2)25-21(27)17-8-6-7-16(13-17)14-24-22(23)26-19-11-12-28-20-10-5-4-9-18(19)20/h4-10,13,15,19H,3,11-12,14H2,1-2H3,(H,25,27)(H3,23,24,26). The average Bonchev–Trinajstić information content (AvgIpc) is 2.72. The van der Waals surface area contributed by atoms with Crippen LogP contribution in [0.25, 0.3) is 0 Å². The Morgan fingerprint density at radius 1 is 1.29 bits per heavy atom. The zero-order valence-electron chi connectivity index (χ0n) is 16.4. The summed E-state index contributed by atoms with van der Waals surface area (Å²) in [6, 6.07) is 15.7. The maximum atomic E-state index is 12.3. The number of hydrogen-bond donors (Lipinski definition) is 3. The molecule has 0 spiro atoms. The fourth-order valence-corrected chi connectivity index (χ4v) is 3.11. The number of rotatable bonds is 6. The summed E-state index contributed by atoms with van der Waals surface area (Å²) >= 11 is 0. The van der Waals surface area contributed by atoms with Gasteiger partial charge in [-0.2, -0.15) is 0 Å². The summed E-state index contributed by atoms with van der Waals surface area (Å²) in [7, 11) is 0. The van der Waals surface area contributed by atoms with Gasteiger partial charge in [0.05, 0.1) is 19.2 Å².